The van der Waals surface area contributed by atoms with Crippen LogP contribution in [0.4, 0.5) is 4.39 Å². The van der Waals surface area contributed by atoms with E-state index in [9.17, 15) is 14.0 Å². The van der Waals surface area contributed by atoms with Crippen LogP contribution in [0.2, 0.25) is 0 Å². The highest BCUT2D eigenvalue weighted by Gasteiger charge is 2.19. The lowest BCUT2D eigenvalue weighted by Gasteiger charge is -2.18. The largest absolute Gasteiger partial charge is 0.466 e. The van der Waals surface area contributed by atoms with Crippen LogP contribution in [-0.4, -0.2) is 25.0 Å². The highest BCUT2D eigenvalue weighted by Crippen LogP contribution is 2.18. The first kappa shape index (κ1) is 17.1. The zero-order chi connectivity index (χ0) is 15.7. The number of hydrogen-bond acceptors (Lipinski definition) is 4. The number of rotatable bonds is 8. The molecule has 0 bridgehead atoms. The van der Waals surface area contributed by atoms with Crippen LogP contribution in [0.5, 0.6) is 0 Å². The third-order valence-corrected chi connectivity index (χ3v) is 2.89. The van der Waals surface area contributed by atoms with E-state index in [-0.39, 0.29) is 31.2 Å². The Morgan fingerprint density at radius 1 is 1.33 bits per heavy atom. The molecule has 21 heavy (non-hydrogen) atoms. The molecule has 3 N–H and O–H groups in total. The van der Waals surface area contributed by atoms with Gasteiger partial charge in [-0.15, -0.1) is 0 Å². The Hall–Kier alpha value is -1.95. The van der Waals surface area contributed by atoms with Crippen molar-refractivity contribution in [1.82, 2.24) is 5.32 Å². The maximum Gasteiger partial charge on any atom is 0.308 e. The first-order valence-corrected chi connectivity index (χ1v) is 6.97. The average Bonchev–Trinajstić information content (AvgIpc) is 2.45. The summed E-state index contributed by atoms with van der Waals surface area (Å²) < 4.78 is 17.9. The molecule has 0 fully saturated rings. The van der Waals surface area contributed by atoms with Crippen molar-refractivity contribution in [3.8, 4) is 0 Å². The number of carbonyl (C=O) groups excluding carboxylic acids is 2. The monoisotopic (exact) mass is 296 g/mol. The van der Waals surface area contributed by atoms with Crippen LogP contribution in [0.1, 0.15) is 37.8 Å². The molecule has 1 aromatic carbocycles. The SMILES string of the molecule is CCOC(=O)CC(NC(=O)CCCN)c1ccc(F)cc1. The number of carbonyl (C=O) groups is 2. The van der Waals surface area contributed by atoms with E-state index in [4.69, 9.17) is 10.5 Å². The molecule has 116 valence electrons. The quantitative estimate of drug-likeness (QED) is 0.715. The van der Waals surface area contributed by atoms with Gasteiger partial charge in [0.05, 0.1) is 19.1 Å². The van der Waals surface area contributed by atoms with Crippen LogP contribution in [0.3, 0.4) is 0 Å². The lowest BCUT2D eigenvalue weighted by molar-refractivity contribution is -0.143. The summed E-state index contributed by atoms with van der Waals surface area (Å²) in [6.07, 6.45) is 0.867. The van der Waals surface area contributed by atoms with Gasteiger partial charge in [-0.05, 0) is 37.6 Å². The minimum absolute atomic E-state index is 0.00778. The molecule has 0 aliphatic carbocycles. The molecule has 0 aliphatic heterocycles. The standard InChI is InChI=1S/C15H21FN2O3/c1-2-21-15(20)10-13(18-14(19)4-3-9-17)11-5-7-12(16)8-6-11/h5-8,13H,2-4,9-10,17H2,1H3,(H,18,19). The number of hydrogen-bond donors (Lipinski definition) is 2. The van der Waals surface area contributed by atoms with E-state index in [1.54, 1.807) is 19.1 Å². The van der Waals surface area contributed by atoms with Crippen LogP contribution in [0.25, 0.3) is 0 Å². The van der Waals surface area contributed by atoms with Crippen molar-refractivity contribution in [2.75, 3.05) is 13.2 Å². The van der Waals surface area contributed by atoms with Gasteiger partial charge in [-0.1, -0.05) is 12.1 Å². The molecule has 1 rings (SSSR count). The van der Waals surface area contributed by atoms with E-state index in [2.05, 4.69) is 5.32 Å². The van der Waals surface area contributed by atoms with Gasteiger partial charge >= 0.3 is 5.97 Å². The van der Waals surface area contributed by atoms with Gasteiger partial charge in [-0.2, -0.15) is 0 Å². The smallest absolute Gasteiger partial charge is 0.308 e. The Labute approximate surface area is 123 Å². The van der Waals surface area contributed by atoms with Crippen molar-refractivity contribution in [2.45, 2.75) is 32.2 Å². The second-order valence-electron chi connectivity index (χ2n) is 4.57. The molecule has 0 saturated heterocycles. The number of halogens is 1. The third kappa shape index (κ3) is 6.35. The zero-order valence-corrected chi connectivity index (χ0v) is 12.1. The number of ether oxygens (including phenoxy) is 1. The Kier molecular flexibility index (Phi) is 7.39. The lowest BCUT2D eigenvalue weighted by atomic mass is 10.0. The van der Waals surface area contributed by atoms with Crippen LogP contribution in [0, 0.1) is 5.82 Å². The van der Waals surface area contributed by atoms with Crippen molar-refractivity contribution in [3.63, 3.8) is 0 Å². The highest BCUT2D eigenvalue weighted by atomic mass is 19.1. The zero-order valence-electron chi connectivity index (χ0n) is 12.1. The van der Waals surface area contributed by atoms with Gasteiger partial charge in [-0.3, -0.25) is 9.59 Å². The van der Waals surface area contributed by atoms with Gasteiger partial charge in [0.1, 0.15) is 5.82 Å². The molecule has 6 heteroatoms. The molecular formula is C15H21FN2O3. The second-order valence-corrected chi connectivity index (χ2v) is 4.57. The summed E-state index contributed by atoms with van der Waals surface area (Å²) in [4.78, 5) is 23.4. The Balaban J connectivity index is 2.76. The average molecular weight is 296 g/mol. The topological polar surface area (TPSA) is 81.4 Å². The second kappa shape index (κ2) is 9.07. The fourth-order valence-corrected chi connectivity index (χ4v) is 1.86. The molecule has 0 radical (unpaired) electrons. The van der Waals surface area contributed by atoms with Crippen molar-refractivity contribution in [1.29, 1.82) is 0 Å². The summed E-state index contributed by atoms with van der Waals surface area (Å²) >= 11 is 0. The van der Waals surface area contributed by atoms with Crippen molar-refractivity contribution >= 4 is 11.9 Å². The molecule has 1 atom stereocenters. The lowest BCUT2D eigenvalue weighted by Crippen LogP contribution is -2.30. The van der Waals surface area contributed by atoms with Crippen LogP contribution in [-0.2, 0) is 14.3 Å². The van der Waals surface area contributed by atoms with Gasteiger partial charge in [0.15, 0.2) is 0 Å². The minimum atomic E-state index is -0.532. The molecule has 5 nitrogen and oxygen atoms in total. The van der Waals surface area contributed by atoms with Crippen molar-refractivity contribution in [3.05, 3.63) is 35.6 Å². The first-order valence-electron chi connectivity index (χ1n) is 6.97. The number of amides is 1. The van der Waals surface area contributed by atoms with Crippen LogP contribution in [0.15, 0.2) is 24.3 Å². The fourth-order valence-electron chi connectivity index (χ4n) is 1.86. The third-order valence-electron chi connectivity index (χ3n) is 2.89. The Morgan fingerprint density at radius 2 is 2.00 bits per heavy atom. The van der Waals surface area contributed by atoms with E-state index in [1.807, 2.05) is 0 Å². The molecule has 0 aliphatic rings. The molecule has 0 heterocycles. The maximum atomic E-state index is 13.0. The number of nitrogens with one attached hydrogen (secondary N) is 1. The molecule has 0 spiro atoms. The van der Waals surface area contributed by atoms with Gasteiger partial charge in [0.2, 0.25) is 5.91 Å². The number of benzene rings is 1. The predicted octanol–water partition coefficient (Wildman–Crippen LogP) is 1.68. The predicted molar refractivity (Wildman–Crippen MR) is 76.8 cm³/mol. The Morgan fingerprint density at radius 3 is 2.57 bits per heavy atom. The number of nitrogens with two attached hydrogens (primary N) is 1. The van der Waals surface area contributed by atoms with E-state index >= 15 is 0 Å². The molecule has 0 aromatic heterocycles. The highest BCUT2D eigenvalue weighted by molar-refractivity contribution is 5.78. The van der Waals surface area contributed by atoms with Crippen LogP contribution >= 0.6 is 0 Å². The van der Waals surface area contributed by atoms with E-state index in [0.29, 0.717) is 18.5 Å². The van der Waals surface area contributed by atoms with Gasteiger partial charge in [0, 0.05) is 6.42 Å². The minimum Gasteiger partial charge on any atom is -0.466 e. The number of esters is 1. The van der Waals surface area contributed by atoms with Crippen molar-refractivity contribution in [2.24, 2.45) is 5.73 Å². The van der Waals surface area contributed by atoms with Gasteiger partial charge < -0.3 is 15.8 Å². The molecular weight excluding hydrogens is 275 g/mol. The van der Waals surface area contributed by atoms with E-state index in [0.717, 1.165) is 0 Å². The molecule has 1 unspecified atom stereocenters. The molecule has 1 amide bonds. The van der Waals surface area contributed by atoms with E-state index < -0.39 is 12.0 Å². The van der Waals surface area contributed by atoms with E-state index in [1.165, 1.54) is 12.1 Å². The fraction of sp³-hybridized carbons (Fsp3) is 0.467. The summed E-state index contributed by atoms with van der Waals surface area (Å²) in [6, 6.07) is 5.14. The van der Waals surface area contributed by atoms with Crippen LogP contribution < -0.4 is 11.1 Å². The summed E-state index contributed by atoms with van der Waals surface area (Å²) in [5.41, 5.74) is 6.02. The van der Waals surface area contributed by atoms with Crippen molar-refractivity contribution < 1.29 is 18.7 Å². The summed E-state index contributed by atoms with van der Waals surface area (Å²) in [7, 11) is 0. The summed E-state index contributed by atoms with van der Waals surface area (Å²) in [6.45, 7) is 2.41. The van der Waals surface area contributed by atoms with Gasteiger partial charge in [0.25, 0.3) is 0 Å². The normalized spacial score (nSPS) is 11.8. The maximum absolute atomic E-state index is 13.0. The van der Waals surface area contributed by atoms with Gasteiger partial charge in [-0.25, -0.2) is 4.39 Å². The molecule has 0 saturated carbocycles. The molecule has 1 aromatic rings. The summed E-state index contributed by atoms with van der Waals surface area (Å²) in [5, 5.41) is 2.76. The Bertz CT molecular complexity index is 462. The summed E-state index contributed by atoms with van der Waals surface area (Å²) in [5.74, 6) is -0.979. The first-order chi connectivity index (χ1) is 10.1.